The van der Waals surface area contributed by atoms with Gasteiger partial charge in [0.1, 0.15) is 16.7 Å². The van der Waals surface area contributed by atoms with Crippen molar-refractivity contribution in [1.82, 2.24) is 5.32 Å². The van der Waals surface area contributed by atoms with Gasteiger partial charge in [-0.05, 0) is 44.3 Å². The molecule has 7 nitrogen and oxygen atoms in total. The van der Waals surface area contributed by atoms with Crippen LogP contribution in [0.2, 0.25) is 0 Å². The number of Topliss-reactive ketones (excluding diaryl/α,β-unsaturated/α-hetero) is 1. The van der Waals surface area contributed by atoms with Crippen molar-refractivity contribution in [2.75, 3.05) is 4.90 Å². The molecule has 0 unspecified atom stereocenters. The quantitative estimate of drug-likeness (QED) is 0.509. The molecular formula is C17H15N3O4S. The maximum atomic E-state index is 12.3. The van der Waals surface area contributed by atoms with Crippen molar-refractivity contribution in [3.05, 3.63) is 69.6 Å². The maximum Gasteiger partial charge on any atom is 0.433 e. The molecule has 2 aromatic rings. The van der Waals surface area contributed by atoms with Crippen LogP contribution in [0.25, 0.3) is 0 Å². The van der Waals surface area contributed by atoms with Gasteiger partial charge in [-0.15, -0.1) is 0 Å². The second kappa shape index (κ2) is 6.48. The van der Waals surface area contributed by atoms with Gasteiger partial charge in [-0.2, -0.15) is 0 Å². The number of rotatable bonds is 4. The van der Waals surface area contributed by atoms with E-state index in [2.05, 4.69) is 5.32 Å². The summed E-state index contributed by atoms with van der Waals surface area (Å²) in [6, 6.07) is 11.5. The molecule has 1 N–H and O–H groups in total. The van der Waals surface area contributed by atoms with Crippen molar-refractivity contribution in [2.45, 2.75) is 19.9 Å². The van der Waals surface area contributed by atoms with Crippen LogP contribution in [-0.2, 0) is 4.79 Å². The predicted molar refractivity (Wildman–Crippen MR) is 96.1 cm³/mol. The van der Waals surface area contributed by atoms with Gasteiger partial charge in [0.2, 0.25) is 0 Å². The number of furan rings is 1. The third-order valence-corrected chi connectivity index (χ3v) is 4.26. The lowest BCUT2D eigenvalue weighted by Gasteiger charge is -2.36. The fraction of sp³-hybridized carbons (Fsp3) is 0.176. The van der Waals surface area contributed by atoms with Crippen molar-refractivity contribution in [1.29, 1.82) is 0 Å². The van der Waals surface area contributed by atoms with Crippen LogP contribution < -0.4 is 10.2 Å². The average Bonchev–Trinajstić information content (AvgIpc) is 3.05. The van der Waals surface area contributed by atoms with Crippen LogP contribution >= 0.6 is 12.2 Å². The summed E-state index contributed by atoms with van der Waals surface area (Å²) in [4.78, 5) is 24.3. The first-order valence-corrected chi connectivity index (χ1v) is 7.92. The lowest BCUT2D eigenvalue weighted by molar-refractivity contribution is -0.402. The van der Waals surface area contributed by atoms with Crippen LogP contribution in [0.3, 0.4) is 0 Å². The highest BCUT2D eigenvalue weighted by molar-refractivity contribution is 7.80. The van der Waals surface area contributed by atoms with Crippen LogP contribution in [0.5, 0.6) is 0 Å². The van der Waals surface area contributed by atoms with Crippen LogP contribution in [-0.4, -0.2) is 15.8 Å². The number of nitro groups is 1. The molecule has 0 spiro atoms. The Hall–Kier alpha value is -3.00. The molecule has 2 heterocycles. The van der Waals surface area contributed by atoms with Crippen LogP contribution in [0.1, 0.15) is 25.6 Å². The summed E-state index contributed by atoms with van der Waals surface area (Å²) < 4.78 is 5.28. The van der Waals surface area contributed by atoms with Gasteiger partial charge in [-0.25, -0.2) is 0 Å². The number of ketones is 1. The van der Waals surface area contributed by atoms with E-state index in [4.69, 9.17) is 16.6 Å². The molecule has 0 amide bonds. The molecule has 25 heavy (non-hydrogen) atoms. The zero-order valence-electron chi connectivity index (χ0n) is 13.6. The van der Waals surface area contributed by atoms with Crippen molar-refractivity contribution in [3.63, 3.8) is 0 Å². The molecule has 0 aliphatic carbocycles. The summed E-state index contributed by atoms with van der Waals surface area (Å²) in [6.45, 7) is 3.24. The Bertz CT molecular complexity index is 888. The average molecular weight is 357 g/mol. The Labute approximate surface area is 149 Å². The summed E-state index contributed by atoms with van der Waals surface area (Å²) in [7, 11) is 0. The Morgan fingerprint density at radius 3 is 2.52 bits per heavy atom. The summed E-state index contributed by atoms with van der Waals surface area (Å²) in [5.74, 6) is -0.280. The lowest BCUT2D eigenvalue weighted by Crippen LogP contribution is -2.47. The van der Waals surface area contributed by atoms with E-state index >= 15 is 0 Å². The van der Waals surface area contributed by atoms with Crippen molar-refractivity contribution >= 4 is 34.7 Å². The number of benzene rings is 1. The summed E-state index contributed by atoms with van der Waals surface area (Å²) >= 11 is 5.45. The van der Waals surface area contributed by atoms with Gasteiger partial charge < -0.3 is 9.73 Å². The molecule has 1 aromatic carbocycles. The smallest absolute Gasteiger partial charge is 0.403 e. The van der Waals surface area contributed by atoms with E-state index in [9.17, 15) is 14.9 Å². The molecule has 0 saturated carbocycles. The molecule has 3 rings (SSSR count). The number of hydrogen-bond acceptors (Lipinski definition) is 5. The van der Waals surface area contributed by atoms with E-state index in [-0.39, 0.29) is 17.4 Å². The Morgan fingerprint density at radius 1 is 1.28 bits per heavy atom. The highest BCUT2D eigenvalue weighted by Crippen LogP contribution is 2.35. The fourth-order valence-corrected chi connectivity index (χ4v) is 3.26. The summed E-state index contributed by atoms with van der Waals surface area (Å²) in [5, 5.41) is 14.3. The zero-order chi connectivity index (χ0) is 18.1. The number of allylic oxidation sites excluding steroid dienone is 1. The minimum Gasteiger partial charge on any atom is -0.403 e. The number of hydrogen-bond donors (Lipinski definition) is 1. The number of nitrogens with one attached hydrogen (secondary N) is 1. The summed E-state index contributed by atoms with van der Waals surface area (Å²) in [6.07, 6.45) is 0. The minimum absolute atomic E-state index is 0.169. The van der Waals surface area contributed by atoms with Gasteiger partial charge >= 0.3 is 5.88 Å². The van der Waals surface area contributed by atoms with Crippen LogP contribution in [0, 0.1) is 10.1 Å². The third-order valence-electron chi connectivity index (χ3n) is 3.96. The maximum absolute atomic E-state index is 12.3. The van der Waals surface area contributed by atoms with E-state index < -0.39 is 11.0 Å². The van der Waals surface area contributed by atoms with Gasteiger partial charge in [-0.3, -0.25) is 19.8 Å². The van der Waals surface area contributed by atoms with E-state index in [1.165, 1.54) is 19.1 Å². The molecule has 1 atom stereocenters. The van der Waals surface area contributed by atoms with E-state index in [0.717, 1.165) is 5.69 Å². The SMILES string of the molecule is CC(=O)C1=C(C)N(c2ccccc2)C(=S)N[C@@H]1c1ccc([N+](=O)[O-])o1. The topological polar surface area (TPSA) is 88.6 Å². The molecule has 0 radical (unpaired) electrons. The molecule has 1 aliphatic heterocycles. The first-order valence-electron chi connectivity index (χ1n) is 7.51. The monoisotopic (exact) mass is 357 g/mol. The Balaban J connectivity index is 2.09. The molecule has 0 fully saturated rings. The number of para-hydroxylation sites is 1. The second-order valence-corrected chi connectivity index (χ2v) is 5.93. The van der Waals surface area contributed by atoms with Gasteiger partial charge in [0.05, 0.1) is 6.07 Å². The number of carbonyl (C=O) groups is 1. The fourth-order valence-electron chi connectivity index (χ4n) is 2.90. The molecule has 1 aliphatic rings. The first kappa shape index (κ1) is 16.8. The van der Waals surface area contributed by atoms with Gasteiger partial charge in [-0.1, -0.05) is 18.2 Å². The van der Waals surface area contributed by atoms with Crippen LogP contribution in [0.15, 0.2) is 58.2 Å². The molecule has 1 aromatic heterocycles. The van der Waals surface area contributed by atoms with Crippen molar-refractivity contribution < 1.29 is 14.1 Å². The number of nitrogens with zero attached hydrogens (tertiary/aromatic N) is 2. The molecule has 8 heteroatoms. The normalized spacial score (nSPS) is 17.4. The molecule has 0 saturated heterocycles. The van der Waals surface area contributed by atoms with Gasteiger partial charge in [0.15, 0.2) is 10.9 Å². The Morgan fingerprint density at radius 2 is 1.96 bits per heavy atom. The molecular weight excluding hydrogens is 342 g/mol. The highest BCUT2D eigenvalue weighted by atomic mass is 32.1. The number of anilines is 1. The second-order valence-electron chi connectivity index (χ2n) is 5.54. The van der Waals surface area contributed by atoms with Crippen molar-refractivity contribution in [3.8, 4) is 0 Å². The standard InChI is InChI=1S/C17H15N3O4S/c1-10-15(11(2)21)16(13-8-9-14(24-13)20(22)23)18-17(25)19(10)12-6-4-3-5-7-12/h3-9,16H,1-2H3,(H,18,25)/t16-/m1/s1. The van der Waals surface area contributed by atoms with Gasteiger partial charge in [0.25, 0.3) is 0 Å². The first-order chi connectivity index (χ1) is 11.9. The van der Waals surface area contributed by atoms with Gasteiger partial charge in [0, 0.05) is 17.0 Å². The number of carbonyl (C=O) groups excluding carboxylic acids is 1. The summed E-state index contributed by atoms with van der Waals surface area (Å²) in [5.41, 5.74) is 1.92. The zero-order valence-corrected chi connectivity index (χ0v) is 14.4. The Kier molecular flexibility index (Phi) is 4.37. The lowest BCUT2D eigenvalue weighted by atomic mass is 9.96. The minimum atomic E-state index is -0.668. The van der Waals surface area contributed by atoms with E-state index in [1.807, 2.05) is 30.3 Å². The molecule has 128 valence electrons. The molecule has 0 bridgehead atoms. The van der Waals surface area contributed by atoms with Crippen molar-refractivity contribution in [2.24, 2.45) is 0 Å². The van der Waals surface area contributed by atoms with Crippen LogP contribution in [0.4, 0.5) is 11.6 Å². The third kappa shape index (κ3) is 3.03. The highest BCUT2D eigenvalue weighted by Gasteiger charge is 2.35. The van der Waals surface area contributed by atoms with E-state index in [0.29, 0.717) is 16.4 Å². The predicted octanol–water partition coefficient (Wildman–Crippen LogP) is 3.49. The number of thiocarbonyl (C=S) groups is 1. The van der Waals surface area contributed by atoms with E-state index in [1.54, 1.807) is 11.8 Å². The largest absolute Gasteiger partial charge is 0.433 e.